The lowest BCUT2D eigenvalue weighted by atomic mass is 10.1. The summed E-state index contributed by atoms with van der Waals surface area (Å²) in [5.74, 6) is 0.833. The van der Waals surface area contributed by atoms with E-state index in [9.17, 15) is 0 Å². The van der Waals surface area contributed by atoms with Gasteiger partial charge in [-0.25, -0.2) is 0 Å². The zero-order valence-corrected chi connectivity index (χ0v) is 13.8. The molecule has 2 heteroatoms. The second-order valence-electron chi connectivity index (χ2n) is 6.45. The molecule has 20 heavy (non-hydrogen) atoms. The van der Waals surface area contributed by atoms with Crippen LogP contribution >= 0.6 is 0 Å². The van der Waals surface area contributed by atoms with E-state index >= 15 is 0 Å². The van der Waals surface area contributed by atoms with Crippen molar-refractivity contribution >= 4 is 0 Å². The maximum absolute atomic E-state index is 2.59. The molecule has 0 saturated carbocycles. The summed E-state index contributed by atoms with van der Waals surface area (Å²) in [6, 6.07) is 10.8. The topological polar surface area (TPSA) is 6.48 Å². The summed E-state index contributed by atoms with van der Waals surface area (Å²) in [5.41, 5.74) is 1.43. The molecule has 0 unspecified atom stereocenters. The van der Waals surface area contributed by atoms with Crippen molar-refractivity contribution in [3.8, 4) is 0 Å². The highest BCUT2D eigenvalue weighted by Gasteiger charge is 2.06. The summed E-state index contributed by atoms with van der Waals surface area (Å²) in [4.78, 5) is 4.86. The van der Waals surface area contributed by atoms with E-state index in [1.54, 1.807) is 0 Å². The maximum atomic E-state index is 2.59. The first kappa shape index (κ1) is 17.2. The molecule has 1 aromatic carbocycles. The molecule has 1 rings (SSSR count). The van der Waals surface area contributed by atoms with Crippen LogP contribution in [0.15, 0.2) is 30.3 Å². The van der Waals surface area contributed by atoms with Crippen LogP contribution in [0.3, 0.4) is 0 Å². The molecule has 114 valence electrons. The predicted molar refractivity (Wildman–Crippen MR) is 89.0 cm³/mol. The number of hydrogen-bond acceptors (Lipinski definition) is 2. The quantitative estimate of drug-likeness (QED) is 0.598. The third kappa shape index (κ3) is 8.34. The molecule has 1 aromatic rings. The third-order valence-electron chi connectivity index (χ3n) is 3.62. The number of hydrogen-bond donors (Lipinski definition) is 0. The van der Waals surface area contributed by atoms with Crippen LogP contribution in [0.5, 0.6) is 0 Å². The molecule has 0 N–H and O–H groups in total. The molecule has 0 aliphatic carbocycles. The van der Waals surface area contributed by atoms with E-state index in [4.69, 9.17) is 0 Å². The Kier molecular flexibility index (Phi) is 8.56. The largest absolute Gasteiger partial charge is 0.308 e. The summed E-state index contributed by atoms with van der Waals surface area (Å²) in [6.07, 6.45) is 4.02. The van der Waals surface area contributed by atoms with Crippen LogP contribution in [0.25, 0.3) is 0 Å². The van der Waals surface area contributed by atoms with Gasteiger partial charge in [-0.05, 0) is 38.5 Å². The third-order valence-corrected chi connectivity index (χ3v) is 3.62. The van der Waals surface area contributed by atoms with E-state index in [0.29, 0.717) is 0 Å². The highest BCUT2D eigenvalue weighted by molar-refractivity contribution is 5.14. The van der Waals surface area contributed by atoms with Gasteiger partial charge in [0.25, 0.3) is 0 Å². The normalized spacial score (nSPS) is 11.8. The lowest BCUT2D eigenvalue weighted by molar-refractivity contribution is 0.228. The highest BCUT2D eigenvalue weighted by Crippen LogP contribution is 2.09. The van der Waals surface area contributed by atoms with Crippen LogP contribution in [-0.2, 0) is 6.54 Å². The molecule has 0 aliphatic heterocycles. The Bertz CT molecular complexity index is 333. The monoisotopic (exact) mass is 276 g/mol. The first-order valence-electron chi connectivity index (χ1n) is 7.99. The minimum atomic E-state index is 0.833. The standard InChI is InChI=1S/C18H32N2/c1-17(2)10-8-9-13-20(15-14-19(3)4)16-18-11-6-5-7-12-18/h5-7,11-12,17H,8-10,13-16H2,1-4H3. The summed E-state index contributed by atoms with van der Waals surface area (Å²) >= 11 is 0. The predicted octanol–water partition coefficient (Wildman–Crippen LogP) is 3.88. The van der Waals surface area contributed by atoms with Gasteiger partial charge in [-0.3, -0.25) is 4.90 Å². The van der Waals surface area contributed by atoms with Gasteiger partial charge < -0.3 is 4.90 Å². The second kappa shape index (κ2) is 9.95. The van der Waals surface area contributed by atoms with Gasteiger partial charge >= 0.3 is 0 Å². The van der Waals surface area contributed by atoms with E-state index in [1.807, 2.05) is 0 Å². The fraction of sp³-hybridized carbons (Fsp3) is 0.667. The smallest absolute Gasteiger partial charge is 0.0234 e. The van der Waals surface area contributed by atoms with Gasteiger partial charge in [0.1, 0.15) is 0 Å². The Labute approximate surface area is 125 Å². The zero-order chi connectivity index (χ0) is 14.8. The minimum absolute atomic E-state index is 0.833. The van der Waals surface area contributed by atoms with Crippen LogP contribution in [0.4, 0.5) is 0 Å². The number of likely N-dealkylation sites (N-methyl/N-ethyl adjacent to an activating group) is 1. The summed E-state index contributed by atoms with van der Waals surface area (Å²) in [6.45, 7) is 9.22. The lowest BCUT2D eigenvalue weighted by Gasteiger charge is -2.24. The van der Waals surface area contributed by atoms with E-state index in [0.717, 1.165) is 25.6 Å². The molecule has 0 radical (unpaired) electrons. The Hall–Kier alpha value is -0.860. The average molecular weight is 276 g/mol. The van der Waals surface area contributed by atoms with Crippen molar-refractivity contribution in [3.63, 3.8) is 0 Å². The molecule has 0 aromatic heterocycles. The van der Waals surface area contributed by atoms with E-state index < -0.39 is 0 Å². The molecule has 0 atom stereocenters. The Morgan fingerprint density at radius 3 is 2.20 bits per heavy atom. The SMILES string of the molecule is CC(C)CCCCN(CCN(C)C)Cc1ccccc1. The minimum Gasteiger partial charge on any atom is -0.308 e. The van der Waals surface area contributed by atoms with Crippen molar-refractivity contribution in [2.75, 3.05) is 33.7 Å². The number of benzene rings is 1. The lowest BCUT2D eigenvalue weighted by Crippen LogP contribution is -2.32. The van der Waals surface area contributed by atoms with Gasteiger partial charge in [0.05, 0.1) is 0 Å². The van der Waals surface area contributed by atoms with Gasteiger partial charge in [-0.2, -0.15) is 0 Å². The van der Waals surface area contributed by atoms with Crippen molar-refractivity contribution in [1.29, 1.82) is 0 Å². The fourth-order valence-electron chi connectivity index (χ4n) is 2.34. The van der Waals surface area contributed by atoms with Gasteiger partial charge in [0.15, 0.2) is 0 Å². The molecule has 0 amide bonds. The van der Waals surface area contributed by atoms with Crippen molar-refractivity contribution in [2.24, 2.45) is 5.92 Å². The summed E-state index contributed by atoms with van der Waals surface area (Å²) < 4.78 is 0. The Morgan fingerprint density at radius 2 is 1.60 bits per heavy atom. The molecule has 2 nitrogen and oxygen atoms in total. The van der Waals surface area contributed by atoms with Crippen molar-refractivity contribution < 1.29 is 0 Å². The van der Waals surface area contributed by atoms with Crippen LogP contribution in [0, 0.1) is 5.92 Å². The van der Waals surface area contributed by atoms with Gasteiger partial charge in [0.2, 0.25) is 0 Å². The van der Waals surface area contributed by atoms with Gasteiger partial charge in [0, 0.05) is 19.6 Å². The first-order chi connectivity index (χ1) is 9.58. The number of nitrogens with zero attached hydrogens (tertiary/aromatic N) is 2. The van der Waals surface area contributed by atoms with Crippen molar-refractivity contribution in [1.82, 2.24) is 9.80 Å². The summed E-state index contributed by atoms with van der Waals surface area (Å²) in [7, 11) is 4.30. The molecular weight excluding hydrogens is 244 g/mol. The van der Waals surface area contributed by atoms with Crippen molar-refractivity contribution in [2.45, 2.75) is 39.7 Å². The van der Waals surface area contributed by atoms with E-state index in [-0.39, 0.29) is 0 Å². The van der Waals surface area contributed by atoms with Crippen LogP contribution < -0.4 is 0 Å². The Morgan fingerprint density at radius 1 is 0.900 bits per heavy atom. The maximum Gasteiger partial charge on any atom is 0.0234 e. The highest BCUT2D eigenvalue weighted by atomic mass is 15.2. The molecule has 0 spiro atoms. The number of unbranched alkanes of at least 4 members (excludes halogenated alkanes) is 1. The van der Waals surface area contributed by atoms with Crippen LogP contribution in [-0.4, -0.2) is 43.5 Å². The Balaban J connectivity index is 2.39. The second-order valence-corrected chi connectivity index (χ2v) is 6.45. The van der Waals surface area contributed by atoms with Crippen molar-refractivity contribution in [3.05, 3.63) is 35.9 Å². The first-order valence-corrected chi connectivity index (χ1v) is 7.99. The van der Waals surface area contributed by atoms with Crippen LogP contribution in [0.2, 0.25) is 0 Å². The number of rotatable bonds is 10. The average Bonchev–Trinajstić information content (AvgIpc) is 2.41. The van der Waals surface area contributed by atoms with E-state index in [2.05, 4.69) is 68.1 Å². The molecule has 0 heterocycles. The molecule has 0 saturated heterocycles. The molecule has 0 fully saturated rings. The molecule has 0 bridgehead atoms. The van der Waals surface area contributed by atoms with Gasteiger partial charge in [-0.15, -0.1) is 0 Å². The van der Waals surface area contributed by atoms with Gasteiger partial charge in [-0.1, -0.05) is 57.0 Å². The molecule has 0 aliphatic rings. The van der Waals surface area contributed by atoms with E-state index in [1.165, 1.54) is 31.4 Å². The fourth-order valence-corrected chi connectivity index (χ4v) is 2.34. The van der Waals surface area contributed by atoms with Crippen LogP contribution in [0.1, 0.15) is 38.7 Å². The zero-order valence-electron chi connectivity index (χ0n) is 13.8. The summed E-state index contributed by atoms with van der Waals surface area (Å²) in [5, 5.41) is 0. The molecular formula is C18H32N2.